The van der Waals surface area contributed by atoms with Gasteiger partial charge < -0.3 is 10.3 Å². The topological polar surface area (TPSA) is 43.8 Å². The van der Waals surface area contributed by atoms with E-state index in [2.05, 4.69) is 53.2 Å². The molecule has 0 radical (unpaired) electrons. The monoisotopic (exact) mass is 299 g/mol. The second-order valence-electron chi connectivity index (χ2n) is 5.60. The van der Waals surface area contributed by atoms with Gasteiger partial charge in [0.15, 0.2) is 0 Å². The Kier molecular flexibility index (Phi) is 3.83. The number of fused-ring (bicyclic) bond motifs is 1. The maximum atomic E-state index is 6.02. The van der Waals surface area contributed by atoms with E-state index in [-0.39, 0.29) is 0 Å². The average Bonchev–Trinajstić information content (AvgIpc) is 3.02. The molecule has 3 aromatic rings. The fourth-order valence-electron chi connectivity index (χ4n) is 2.93. The number of aromatic nitrogens is 2. The minimum Gasteiger partial charge on any atom is -0.348 e. The Morgan fingerprint density at radius 3 is 2.71 bits per heavy atom. The van der Waals surface area contributed by atoms with Gasteiger partial charge in [-0.1, -0.05) is 18.2 Å². The van der Waals surface area contributed by atoms with Crippen LogP contribution in [0.15, 0.2) is 29.6 Å². The predicted octanol–water partition coefficient (Wildman–Crippen LogP) is 3.54. The lowest BCUT2D eigenvalue weighted by Crippen LogP contribution is -2.15. The Labute approximate surface area is 129 Å². The summed E-state index contributed by atoms with van der Waals surface area (Å²) in [5.41, 5.74) is 11.1. The maximum absolute atomic E-state index is 6.02. The fourth-order valence-corrected chi connectivity index (χ4v) is 3.85. The van der Waals surface area contributed by atoms with E-state index in [1.807, 2.05) is 6.92 Å². The van der Waals surface area contributed by atoms with Crippen LogP contribution in [0, 0.1) is 13.8 Å². The molecule has 4 heteroatoms. The zero-order valence-corrected chi connectivity index (χ0v) is 13.6. The van der Waals surface area contributed by atoms with Gasteiger partial charge in [0.25, 0.3) is 0 Å². The molecule has 1 aromatic carbocycles. The summed E-state index contributed by atoms with van der Waals surface area (Å²) >= 11 is 1.72. The van der Waals surface area contributed by atoms with Gasteiger partial charge in [-0.15, -0.1) is 11.3 Å². The lowest BCUT2D eigenvalue weighted by atomic mass is 9.97. The summed E-state index contributed by atoms with van der Waals surface area (Å²) in [5, 5.41) is 4.60. The highest BCUT2D eigenvalue weighted by molar-refractivity contribution is 7.09. The van der Waals surface area contributed by atoms with Crippen molar-refractivity contribution in [1.29, 1.82) is 0 Å². The zero-order chi connectivity index (χ0) is 15.0. The summed E-state index contributed by atoms with van der Waals surface area (Å²) in [6.07, 6.45) is 0.955. The molecule has 0 amide bonds. The van der Waals surface area contributed by atoms with E-state index in [0.29, 0.717) is 12.5 Å². The molecular weight excluding hydrogens is 278 g/mol. The molecule has 2 heterocycles. The van der Waals surface area contributed by atoms with Crippen LogP contribution in [0.5, 0.6) is 0 Å². The molecule has 0 spiro atoms. The fraction of sp³-hybridized carbons (Fsp3) is 0.353. The Balaban J connectivity index is 2.02. The average molecular weight is 299 g/mol. The molecule has 110 valence electrons. The van der Waals surface area contributed by atoms with E-state index in [1.54, 1.807) is 11.3 Å². The summed E-state index contributed by atoms with van der Waals surface area (Å²) < 4.78 is 2.27. The highest BCUT2D eigenvalue weighted by Gasteiger charge is 2.19. The number of benzene rings is 1. The predicted molar refractivity (Wildman–Crippen MR) is 90.0 cm³/mol. The highest BCUT2D eigenvalue weighted by Crippen LogP contribution is 2.30. The molecule has 0 saturated heterocycles. The summed E-state index contributed by atoms with van der Waals surface area (Å²) in [7, 11) is 2.13. The van der Waals surface area contributed by atoms with Gasteiger partial charge in [-0.05, 0) is 31.9 Å². The first-order valence-electron chi connectivity index (χ1n) is 7.26. The summed E-state index contributed by atoms with van der Waals surface area (Å²) in [6.45, 7) is 4.86. The van der Waals surface area contributed by atoms with Crippen LogP contribution in [0.4, 0.5) is 0 Å². The van der Waals surface area contributed by atoms with E-state index >= 15 is 0 Å². The van der Waals surface area contributed by atoms with Crippen LogP contribution in [0.1, 0.15) is 27.9 Å². The van der Waals surface area contributed by atoms with Crippen molar-refractivity contribution in [3.8, 4) is 0 Å². The van der Waals surface area contributed by atoms with Crippen molar-refractivity contribution in [2.45, 2.75) is 26.2 Å². The van der Waals surface area contributed by atoms with Crippen LogP contribution >= 0.6 is 11.3 Å². The first-order valence-corrected chi connectivity index (χ1v) is 8.14. The lowest BCUT2D eigenvalue weighted by Gasteiger charge is -2.12. The molecule has 1 atom stereocenters. The summed E-state index contributed by atoms with van der Waals surface area (Å²) in [5.74, 6) is 0.299. The molecule has 2 aromatic heterocycles. The van der Waals surface area contributed by atoms with Gasteiger partial charge >= 0.3 is 0 Å². The van der Waals surface area contributed by atoms with E-state index in [9.17, 15) is 0 Å². The van der Waals surface area contributed by atoms with Gasteiger partial charge in [0.1, 0.15) is 0 Å². The Bertz CT molecular complexity index is 770. The quantitative estimate of drug-likeness (QED) is 0.801. The normalized spacial score (nSPS) is 13.0. The summed E-state index contributed by atoms with van der Waals surface area (Å²) in [4.78, 5) is 4.63. The van der Waals surface area contributed by atoms with E-state index in [1.165, 1.54) is 22.2 Å². The van der Waals surface area contributed by atoms with Crippen LogP contribution in [0.2, 0.25) is 0 Å². The SMILES string of the molecule is Cc1csc(C(CN)Cc2c(C)n(C)c3ccccc23)n1. The smallest absolute Gasteiger partial charge is 0.0975 e. The van der Waals surface area contributed by atoms with Crippen LogP contribution in [0.25, 0.3) is 10.9 Å². The Morgan fingerprint density at radius 2 is 2.05 bits per heavy atom. The molecule has 3 rings (SSSR count). The van der Waals surface area contributed by atoms with Crippen molar-refractivity contribution in [2.24, 2.45) is 12.8 Å². The molecule has 0 bridgehead atoms. The molecule has 0 fully saturated rings. The number of hydrogen-bond donors (Lipinski definition) is 1. The molecule has 0 aliphatic heterocycles. The van der Waals surface area contributed by atoms with Crippen LogP contribution in [0.3, 0.4) is 0 Å². The molecule has 0 aliphatic rings. The minimum absolute atomic E-state index is 0.299. The van der Waals surface area contributed by atoms with Crippen molar-refractivity contribution < 1.29 is 0 Å². The first-order chi connectivity index (χ1) is 10.1. The second kappa shape index (κ2) is 5.62. The number of rotatable bonds is 4. The van der Waals surface area contributed by atoms with Gasteiger partial charge in [0, 0.05) is 47.2 Å². The Morgan fingerprint density at radius 1 is 1.29 bits per heavy atom. The standard InChI is InChI=1S/C17H21N3S/c1-11-10-21-17(19-11)13(9-18)8-15-12(2)20(3)16-7-5-4-6-14(15)16/h4-7,10,13H,8-9,18H2,1-3H3. The third kappa shape index (κ3) is 2.49. The third-order valence-corrected chi connectivity index (χ3v) is 5.38. The number of thiazole rings is 1. The first kappa shape index (κ1) is 14.3. The lowest BCUT2D eigenvalue weighted by molar-refractivity contribution is 0.684. The van der Waals surface area contributed by atoms with Crippen LogP contribution < -0.4 is 5.73 Å². The van der Waals surface area contributed by atoms with Crippen LogP contribution in [-0.2, 0) is 13.5 Å². The molecule has 0 aliphatic carbocycles. The number of nitrogens with two attached hydrogens (primary N) is 1. The van der Waals surface area contributed by atoms with Gasteiger partial charge in [0.2, 0.25) is 0 Å². The Hall–Kier alpha value is -1.65. The number of nitrogens with zero attached hydrogens (tertiary/aromatic N) is 2. The number of hydrogen-bond acceptors (Lipinski definition) is 3. The van der Waals surface area contributed by atoms with Gasteiger partial charge in [-0.25, -0.2) is 4.98 Å². The molecule has 2 N–H and O–H groups in total. The largest absolute Gasteiger partial charge is 0.348 e. The van der Waals surface area contributed by atoms with Gasteiger partial charge in [-0.2, -0.15) is 0 Å². The van der Waals surface area contributed by atoms with Gasteiger partial charge in [-0.3, -0.25) is 0 Å². The van der Waals surface area contributed by atoms with Gasteiger partial charge in [0.05, 0.1) is 5.01 Å². The maximum Gasteiger partial charge on any atom is 0.0975 e. The molecule has 0 saturated carbocycles. The van der Waals surface area contributed by atoms with E-state index in [0.717, 1.165) is 17.1 Å². The minimum atomic E-state index is 0.299. The van der Waals surface area contributed by atoms with Crippen LogP contribution in [-0.4, -0.2) is 16.1 Å². The number of para-hydroxylation sites is 1. The second-order valence-corrected chi connectivity index (χ2v) is 6.49. The summed E-state index contributed by atoms with van der Waals surface area (Å²) in [6, 6.07) is 8.58. The van der Waals surface area contributed by atoms with Crippen molar-refractivity contribution >= 4 is 22.2 Å². The van der Waals surface area contributed by atoms with Crippen molar-refractivity contribution in [3.05, 3.63) is 51.6 Å². The molecular formula is C17H21N3S. The molecule has 1 unspecified atom stereocenters. The number of aryl methyl sites for hydroxylation is 2. The molecule has 3 nitrogen and oxygen atoms in total. The van der Waals surface area contributed by atoms with Crippen molar-refractivity contribution in [3.63, 3.8) is 0 Å². The van der Waals surface area contributed by atoms with Crippen molar-refractivity contribution in [1.82, 2.24) is 9.55 Å². The highest BCUT2D eigenvalue weighted by atomic mass is 32.1. The van der Waals surface area contributed by atoms with E-state index < -0.39 is 0 Å². The third-order valence-electron chi connectivity index (χ3n) is 4.25. The molecule has 21 heavy (non-hydrogen) atoms. The van der Waals surface area contributed by atoms with E-state index in [4.69, 9.17) is 5.73 Å². The zero-order valence-electron chi connectivity index (χ0n) is 12.8. The van der Waals surface area contributed by atoms with Crippen molar-refractivity contribution in [2.75, 3.05) is 6.54 Å².